The van der Waals surface area contributed by atoms with E-state index in [1.54, 1.807) is 0 Å². The maximum atomic E-state index is 12.3. The summed E-state index contributed by atoms with van der Waals surface area (Å²) in [6, 6.07) is 0. The summed E-state index contributed by atoms with van der Waals surface area (Å²) in [5.41, 5.74) is 2.26. The summed E-state index contributed by atoms with van der Waals surface area (Å²) >= 11 is 0. The first-order valence-electron chi connectivity index (χ1n) is 7.73. The molecule has 0 saturated heterocycles. The van der Waals surface area contributed by atoms with Crippen LogP contribution in [0.25, 0.3) is 0 Å². The van der Waals surface area contributed by atoms with E-state index in [1.165, 1.54) is 5.57 Å². The minimum Gasteiger partial charge on any atom is -0.315 e. The normalized spacial score (nSPS) is 15.8. The van der Waals surface area contributed by atoms with Crippen molar-refractivity contribution in [3.8, 4) is 0 Å². The summed E-state index contributed by atoms with van der Waals surface area (Å²) in [6.07, 6.45) is 6.28. The SMILES string of the molecule is C/C=C(C)\C=C(/C)N(CCN(C)C)C(=O)C1CC1.CC. The largest absolute Gasteiger partial charge is 0.315 e. The molecule has 1 fully saturated rings. The lowest BCUT2D eigenvalue weighted by molar-refractivity contribution is -0.130. The lowest BCUT2D eigenvalue weighted by Gasteiger charge is -2.25. The summed E-state index contributed by atoms with van der Waals surface area (Å²) in [5, 5.41) is 0. The zero-order valence-electron chi connectivity index (χ0n) is 14.4. The van der Waals surface area contributed by atoms with Crippen molar-refractivity contribution in [2.75, 3.05) is 27.2 Å². The molecule has 1 aliphatic rings. The molecule has 0 aromatic carbocycles. The molecule has 1 amide bonds. The van der Waals surface area contributed by atoms with E-state index < -0.39 is 0 Å². The predicted molar refractivity (Wildman–Crippen MR) is 87.5 cm³/mol. The molecule has 0 bridgehead atoms. The van der Waals surface area contributed by atoms with E-state index in [9.17, 15) is 4.79 Å². The second kappa shape index (κ2) is 9.76. The Labute approximate surface area is 125 Å². The number of hydrogen-bond donors (Lipinski definition) is 0. The van der Waals surface area contributed by atoms with Crippen LogP contribution in [-0.2, 0) is 4.79 Å². The van der Waals surface area contributed by atoms with Crippen LogP contribution in [0.2, 0.25) is 0 Å². The van der Waals surface area contributed by atoms with Crippen molar-refractivity contribution in [3.05, 3.63) is 23.4 Å². The zero-order chi connectivity index (χ0) is 15.7. The van der Waals surface area contributed by atoms with Gasteiger partial charge in [-0.15, -0.1) is 0 Å². The first-order valence-corrected chi connectivity index (χ1v) is 7.73. The van der Waals surface area contributed by atoms with Gasteiger partial charge in [-0.2, -0.15) is 0 Å². The lowest BCUT2D eigenvalue weighted by Crippen LogP contribution is -2.36. The van der Waals surface area contributed by atoms with Gasteiger partial charge in [0.05, 0.1) is 0 Å². The molecule has 1 rings (SSSR count). The molecule has 20 heavy (non-hydrogen) atoms. The van der Waals surface area contributed by atoms with Crippen LogP contribution in [0.1, 0.15) is 47.5 Å². The Morgan fingerprint density at radius 1 is 1.15 bits per heavy atom. The van der Waals surface area contributed by atoms with E-state index in [-0.39, 0.29) is 5.92 Å². The molecular weight excluding hydrogens is 248 g/mol. The molecule has 116 valence electrons. The molecule has 0 atom stereocenters. The minimum absolute atomic E-state index is 0.279. The Morgan fingerprint density at radius 3 is 2.10 bits per heavy atom. The van der Waals surface area contributed by atoms with E-state index in [0.29, 0.717) is 5.91 Å². The lowest BCUT2D eigenvalue weighted by atomic mass is 10.2. The van der Waals surface area contributed by atoms with Crippen molar-refractivity contribution in [1.29, 1.82) is 0 Å². The smallest absolute Gasteiger partial charge is 0.229 e. The van der Waals surface area contributed by atoms with Crippen LogP contribution in [0, 0.1) is 5.92 Å². The van der Waals surface area contributed by atoms with Gasteiger partial charge < -0.3 is 9.80 Å². The summed E-state index contributed by atoms with van der Waals surface area (Å²) in [4.78, 5) is 16.3. The van der Waals surface area contributed by atoms with Gasteiger partial charge in [-0.25, -0.2) is 0 Å². The van der Waals surface area contributed by atoms with Crippen LogP contribution in [-0.4, -0.2) is 42.9 Å². The number of carbonyl (C=O) groups excluding carboxylic acids is 1. The molecule has 0 spiro atoms. The standard InChI is InChI=1S/C15H26N2O.C2H6/c1-6-12(2)11-13(3)17(10-9-16(4)5)15(18)14-7-8-14;1-2/h6,11,14H,7-10H2,1-5H3;1-2H3/b12-6-,13-11+;. The summed E-state index contributed by atoms with van der Waals surface area (Å²) in [7, 11) is 4.08. The first-order chi connectivity index (χ1) is 9.45. The average Bonchev–Trinajstić information content (AvgIpc) is 3.24. The van der Waals surface area contributed by atoms with Gasteiger partial charge in [0.25, 0.3) is 0 Å². The number of amides is 1. The van der Waals surface area contributed by atoms with Crippen LogP contribution < -0.4 is 0 Å². The molecule has 3 heteroatoms. The van der Waals surface area contributed by atoms with Crippen molar-refractivity contribution in [1.82, 2.24) is 9.80 Å². The highest BCUT2D eigenvalue weighted by Crippen LogP contribution is 2.32. The van der Waals surface area contributed by atoms with E-state index in [2.05, 4.69) is 24.0 Å². The fourth-order valence-electron chi connectivity index (χ4n) is 1.80. The molecule has 0 unspecified atom stereocenters. The van der Waals surface area contributed by atoms with Gasteiger partial charge in [0.15, 0.2) is 0 Å². The molecule has 0 aliphatic heterocycles. The molecule has 0 aromatic rings. The molecule has 0 N–H and O–H groups in total. The van der Waals surface area contributed by atoms with Gasteiger partial charge in [-0.1, -0.05) is 25.5 Å². The number of carbonyl (C=O) groups is 1. The van der Waals surface area contributed by atoms with Crippen LogP contribution in [0.4, 0.5) is 0 Å². The summed E-state index contributed by atoms with van der Waals surface area (Å²) < 4.78 is 0. The van der Waals surface area contributed by atoms with Gasteiger partial charge in [-0.3, -0.25) is 4.79 Å². The highest BCUT2D eigenvalue weighted by Gasteiger charge is 2.33. The third-order valence-electron chi connectivity index (χ3n) is 3.28. The Morgan fingerprint density at radius 2 is 1.70 bits per heavy atom. The second-order valence-electron chi connectivity index (χ2n) is 5.39. The highest BCUT2D eigenvalue weighted by atomic mass is 16.2. The van der Waals surface area contributed by atoms with E-state index in [4.69, 9.17) is 0 Å². The summed E-state index contributed by atoms with van der Waals surface area (Å²) in [5.74, 6) is 0.580. The molecule has 1 aliphatic carbocycles. The van der Waals surface area contributed by atoms with Gasteiger partial charge in [-0.05, 0) is 53.8 Å². The van der Waals surface area contributed by atoms with Crippen LogP contribution in [0.5, 0.6) is 0 Å². The number of allylic oxidation sites excluding steroid dienone is 4. The van der Waals surface area contributed by atoms with Gasteiger partial charge in [0.1, 0.15) is 0 Å². The molecular formula is C17H32N2O. The topological polar surface area (TPSA) is 23.6 Å². The van der Waals surface area contributed by atoms with E-state index in [1.807, 2.05) is 46.7 Å². The van der Waals surface area contributed by atoms with Crippen molar-refractivity contribution < 1.29 is 4.79 Å². The Kier molecular flexibility index (Phi) is 9.23. The van der Waals surface area contributed by atoms with Crippen LogP contribution in [0.15, 0.2) is 23.4 Å². The number of nitrogens with zero attached hydrogens (tertiary/aromatic N) is 2. The van der Waals surface area contributed by atoms with Crippen LogP contribution in [0.3, 0.4) is 0 Å². The third-order valence-corrected chi connectivity index (χ3v) is 3.28. The van der Waals surface area contributed by atoms with Gasteiger partial charge in [0, 0.05) is 24.7 Å². The van der Waals surface area contributed by atoms with E-state index >= 15 is 0 Å². The van der Waals surface area contributed by atoms with Crippen molar-refractivity contribution in [2.24, 2.45) is 5.92 Å². The van der Waals surface area contributed by atoms with Gasteiger partial charge in [0.2, 0.25) is 5.91 Å². The average molecular weight is 280 g/mol. The summed E-state index contributed by atoms with van der Waals surface area (Å²) in [6.45, 7) is 11.8. The van der Waals surface area contributed by atoms with Crippen molar-refractivity contribution >= 4 is 5.91 Å². The number of rotatable bonds is 6. The Bertz CT molecular complexity index is 352. The number of hydrogen-bond acceptors (Lipinski definition) is 2. The third kappa shape index (κ3) is 6.90. The quantitative estimate of drug-likeness (QED) is 0.693. The van der Waals surface area contributed by atoms with E-state index in [0.717, 1.165) is 31.6 Å². The van der Waals surface area contributed by atoms with Crippen molar-refractivity contribution in [3.63, 3.8) is 0 Å². The molecule has 3 nitrogen and oxygen atoms in total. The van der Waals surface area contributed by atoms with Crippen molar-refractivity contribution in [2.45, 2.75) is 47.5 Å². The number of likely N-dealkylation sites (N-methyl/N-ethyl adjacent to an activating group) is 1. The monoisotopic (exact) mass is 280 g/mol. The zero-order valence-corrected chi connectivity index (χ0v) is 14.4. The molecule has 1 saturated carbocycles. The predicted octanol–water partition coefficient (Wildman–Crippen LogP) is 3.68. The maximum Gasteiger partial charge on any atom is 0.229 e. The molecule has 0 radical (unpaired) electrons. The second-order valence-corrected chi connectivity index (χ2v) is 5.39. The fraction of sp³-hybridized carbons (Fsp3) is 0.706. The van der Waals surface area contributed by atoms with Gasteiger partial charge >= 0.3 is 0 Å². The maximum absolute atomic E-state index is 12.3. The Balaban J connectivity index is 0.00000172. The fourth-order valence-corrected chi connectivity index (χ4v) is 1.80. The molecule has 0 heterocycles. The first kappa shape index (κ1) is 18.9. The minimum atomic E-state index is 0.279. The van der Waals surface area contributed by atoms with Crippen LogP contribution >= 0.6 is 0 Å². The molecule has 0 aromatic heterocycles. The Hall–Kier alpha value is -1.09. The highest BCUT2D eigenvalue weighted by molar-refractivity contribution is 5.82.